The standard InChI is InChI=1S/C16H13ClN2O7S/c1-27(24,25)12-5-6-14(17)13(8-12)16(21)26-9-15(20)18-10-3-2-4-11(7-10)19(22)23/h2-8H,9H2,1H3,(H,18,20). The van der Waals surface area contributed by atoms with Crippen LogP contribution in [0.15, 0.2) is 47.4 Å². The van der Waals surface area contributed by atoms with E-state index in [2.05, 4.69) is 5.32 Å². The summed E-state index contributed by atoms with van der Waals surface area (Å²) in [4.78, 5) is 33.9. The summed E-state index contributed by atoms with van der Waals surface area (Å²) < 4.78 is 27.9. The number of nitrogens with one attached hydrogen (secondary N) is 1. The van der Waals surface area contributed by atoms with Crippen molar-refractivity contribution < 1.29 is 27.7 Å². The van der Waals surface area contributed by atoms with Gasteiger partial charge in [-0.1, -0.05) is 17.7 Å². The van der Waals surface area contributed by atoms with Crippen LogP contribution in [0.25, 0.3) is 0 Å². The Morgan fingerprint density at radius 2 is 1.93 bits per heavy atom. The minimum absolute atomic E-state index is 0.0357. The van der Waals surface area contributed by atoms with E-state index in [-0.39, 0.29) is 26.9 Å². The van der Waals surface area contributed by atoms with Gasteiger partial charge in [-0.15, -0.1) is 0 Å². The third-order valence-corrected chi connectivity index (χ3v) is 4.70. The maximum Gasteiger partial charge on any atom is 0.340 e. The molecule has 2 aromatic rings. The molecule has 0 atom stereocenters. The molecule has 0 spiro atoms. The van der Waals surface area contributed by atoms with Crippen LogP contribution >= 0.6 is 11.6 Å². The molecule has 142 valence electrons. The van der Waals surface area contributed by atoms with Crippen molar-refractivity contribution in [1.82, 2.24) is 0 Å². The zero-order valence-electron chi connectivity index (χ0n) is 13.8. The van der Waals surface area contributed by atoms with E-state index < -0.39 is 33.2 Å². The number of anilines is 1. The summed E-state index contributed by atoms with van der Waals surface area (Å²) in [7, 11) is -3.56. The fourth-order valence-corrected chi connectivity index (χ4v) is 2.84. The molecule has 0 unspecified atom stereocenters. The molecule has 1 amide bonds. The number of benzene rings is 2. The molecule has 0 aliphatic carbocycles. The van der Waals surface area contributed by atoms with Gasteiger partial charge in [0.05, 0.1) is 20.4 Å². The molecule has 0 aliphatic rings. The zero-order valence-corrected chi connectivity index (χ0v) is 15.4. The summed E-state index contributed by atoms with van der Waals surface area (Å²) in [6.07, 6.45) is 0.970. The third kappa shape index (κ3) is 5.50. The van der Waals surface area contributed by atoms with Crippen LogP contribution in [0, 0.1) is 10.1 Å². The average Bonchev–Trinajstić information content (AvgIpc) is 2.59. The lowest BCUT2D eigenvalue weighted by Gasteiger charge is -2.08. The highest BCUT2D eigenvalue weighted by Crippen LogP contribution is 2.21. The summed E-state index contributed by atoms with van der Waals surface area (Å²) in [5.41, 5.74) is -0.265. The highest BCUT2D eigenvalue weighted by Gasteiger charge is 2.18. The Kier molecular flexibility index (Phi) is 6.13. The SMILES string of the molecule is CS(=O)(=O)c1ccc(Cl)c(C(=O)OCC(=O)Nc2cccc([N+](=O)[O-])c2)c1. The lowest BCUT2D eigenvalue weighted by atomic mass is 10.2. The molecule has 2 aromatic carbocycles. The first kappa shape index (κ1) is 20.3. The van der Waals surface area contributed by atoms with Crippen molar-refractivity contribution in [3.05, 3.63) is 63.2 Å². The van der Waals surface area contributed by atoms with Gasteiger partial charge in [0.15, 0.2) is 16.4 Å². The fraction of sp³-hybridized carbons (Fsp3) is 0.125. The number of nitro benzene ring substituents is 1. The van der Waals surface area contributed by atoms with Crippen molar-refractivity contribution in [1.29, 1.82) is 0 Å². The lowest BCUT2D eigenvalue weighted by molar-refractivity contribution is -0.384. The maximum absolute atomic E-state index is 12.1. The van der Waals surface area contributed by atoms with Crippen molar-refractivity contribution in [2.45, 2.75) is 4.90 Å². The Morgan fingerprint density at radius 3 is 2.56 bits per heavy atom. The van der Waals surface area contributed by atoms with E-state index in [1.807, 2.05) is 0 Å². The molecule has 0 bridgehead atoms. The summed E-state index contributed by atoms with van der Waals surface area (Å²) in [5.74, 6) is -1.72. The number of hydrogen-bond acceptors (Lipinski definition) is 7. The highest BCUT2D eigenvalue weighted by atomic mass is 35.5. The monoisotopic (exact) mass is 412 g/mol. The maximum atomic E-state index is 12.1. The number of carbonyl (C=O) groups excluding carboxylic acids is 2. The molecule has 2 rings (SSSR count). The van der Waals surface area contributed by atoms with Crippen molar-refractivity contribution in [2.24, 2.45) is 0 Å². The van der Waals surface area contributed by atoms with Crippen LogP contribution in [0.5, 0.6) is 0 Å². The number of nitro groups is 1. The summed E-state index contributed by atoms with van der Waals surface area (Å²) >= 11 is 5.87. The van der Waals surface area contributed by atoms with Gasteiger partial charge in [0.2, 0.25) is 0 Å². The smallest absolute Gasteiger partial charge is 0.340 e. The number of ether oxygens (including phenoxy) is 1. The minimum atomic E-state index is -3.56. The molecule has 11 heteroatoms. The number of non-ortho nitro benzene ring substituents is 1. The van der Waals surface area contributed by atoms with Crippen molar-refractivity contribution in [3.8, 4) is 0 Å². The van der Waals surface area contributed by atoms with E-state index in [0.717, 1.165) is 18.4 Å². The van der Waals surface area contributed by atoms with Gasteiger partial charge in [-0.3, -0.25) is 14.9 Å². The number of rotatable bonds is 6. The summed E-state index contributed by atoms with van der Waals surface area (Å²) in [6, 6.07) is 8.74. The van der Waals surface area contributed by atoms with Gasteiger partial charge in [-0.05, 0) is 24.3 Å². The lowest BCUT2D eigenvalue weighted by Crippen LogP contribution is -2.21. The Labute approximate surface area is 159 Å². The third-order valence-electron chi connectivity index (χ3n) is 3.26. The molecule has 0 heterocycles. The Morgan fingerprint density at radius 1 is 1.22 bits per heavy atom. The molecule has 0 aliphatic heterocycles. The molecular formula is C16H13ClN2O7S. The molecule has 0 saturated carbocycles. The van der Waals surface area contributed by atoms with E-state index in [1.165, 1.54) is 30.3 Å². The molecule has 0 fully saturated rings. The van der Waals surface area contributed by atoms with Gasteiger partial charge >= 0.3 is 5.97 Å². The summed E-state index contributed by atoms with van der Waals surface area (Å²) in [6.45, 7) is -0.693. The van der Waals surface area contributed by atoms with Gasteiger partial charge in [-0.2, -0.15) is 0 Å². The first-order chi connectivity index (χ1) is 12.6. The first-order valence-electron chi connectivity index (χ1n) is 7.29. The number of nitrogens with zero attached hydrogens (tertiary/aromatic N) is 1. The molecule has 27 heavy (non-hydrogen) atoms. The zero-order chi connectivity index (χ0) is 20.2. The normalized spacial score (nSPS) is 10.9. The largest absolute Gasteiger partial charge is 0.452 e. The molecule has 9 nitrogen and oxygen atoms in total. The minimum Gasteiger partial charge on any atom is -0.452 e. The van der Waals surface area contributed by atoms with Crippen LogP contribution in [-0.4, -0.2) is 38.1 Å². The number of carbonyl (C=O) groups is 2. The van der Waals surface area contributed by atoms with E-state index in [0.29, 0.717) is 0 Å². The second kappa shape index (κ2) is 8.14. The van der Waals surface area contributed by atoms with Crippen LogP contribution in [-0.2, 0) is 19.4 Å². The van der Waals surface area contributed by atoms with Crippen LogP contribution < -0.4 is 5.32 Å². The Hall–Kier alpha value is -2.98. The molecule has 0 aromatic heterocycles. The predicted octanol–water partition coefficient (Wildman–Crippen LogP) is 2.45. The predicted molar refractivity (Wildman–Crippen MR) is 96.6 cm³/mol. The molecule has 0 saturated heterocycles. The van der Waals surface area contributed by atoms with E-state index in [4.69, 9.17) is 16.3 Å². The number of halogens is 1. The average molecular weight is 413 g/mol. The molecule has 1 N–H and O–H groups in total. The van der Waals surface area contributed by atoms with Gasteiger partial charge < -0.3 is 10.1 Å². The van der Waals surface area contributed by atoms with Gasteiger partial charge in [0, 0.05) is 24.1 Å². The second-order valence-corrected chi connectivity index (χ2v) is 7.77. The van der Waals surface area contributed by atoms with E-state index in [1.54, 1.807) is 0 Å². The first-order valence-corrected chi connectivity index (χ1v) is 9.56. The Bertz CT molecular complexity index is 1020. The number of sulfone groups is 1. The number of hydrogen-bond donors (Lipinski definition) is 1. The van der Waals surface area contributed by atoms with Crippen molar-refractivity contribution in [3.63, 3.8) is 0 Å². The van der Waals surface area contributed by atoms with Crippen LogP contribution in [0.2, 0.25) is 5.02 Å². The van der Waals surface area contributed by atoms with Crippen LogP contribution in [0.3, 0.4) is 0 Å². The summed E-state index contributed by atoms with van der Waals surface area (Å²) in [5, 5.41) is 13.0. The van der Waals surface area contributed by atoms with Gasteiger partial charge in [0.1, 0.15) is 0 Å². The number of esters is 1. The second-order valence-electron chi connectivity index (χ2n) is 5.35. The molecule has 0 radical (unpaired) electrons. The van der Waals surface area contributed by atoms with Crippen LogP contribution in [0.4, 0.5) is 11.4 Å². The van der Waals surface area contributed by atoms with Crippen molar-refractivity contribution in [2.75, 3.05) is 18.2 Å². The van der Waals surface area contributed by atoms with Crippen LogP contribution in [0.1, 0.15) is 10.4 Å². The number of amides is 1. The Balaban J connectivity index is 2.04. The topological polar surface area (TPSA) is 133 Å². The quantitative estimate of drug-likeness (QED) is 0.437. The van der Waals surface area contributed by atoms with Gasteiger partial charge in [0.25, 0.3) is 11.6 Å². The molecular weight excluding hydrogens is 400 g/mol. The van der Waals surface area contributed by atoms with E-state index >= 15 is 0 Å². The highest BCUT2D eigenvalue weighted by molar-refractivity contribution is 7.90. The van der Waals surface area contributed by atoms with Gasteiger partial charge in [-0.25, -0.2) is 13.2 Å². The van der Waals surface area contributed by atoms with Crippen molar-refractivity contribution >= 4 is 44.7 Å². The fourth-order valence-electron chi connectivity index (χ4n) is 1.99. The van der Waals surface area contributed by atoms with E-state index in [9.17, 15) is 28.1 Å².